The molecule has 0 bridgehead atoms. The molecule has 3 rings (SSSR count). The van der Waals surface area contributed by atoms with Crippen LogP contribution in [-0.2, 0) is 6.42 Å². The van der Waals surface area contributed by atoms with Crippen molar-refractivity contribution < 1.29 is 9.21 Å². The molecule has 0 N–H and O–H groups in total. The van der Waals surface area contributed by atoms with E-state index in [0.717, 1.165) is 29.9 Å². The molecule has 2 aromatic rings. The number of fused-ring (bicyclic) bond motifs is 1. The van der Waals surface area contributed by atoms with Crippen LogP contribution in [0.1, 0.15) is 47.6 Å². The van der Waals surface area contributed by atoms with Gasteiger partial charge in [-0.25, -0.2) is 0 Å². The van der Waals surface area contributed by atoms with Gasteiger partial charge in [-0.3, -0.25) is 4.79 Å². The molecule has 2 aromatic heterocycles. The fourth-order valence-electron chi connectivity index (χ4n) is 2.58. The molecular weight excluding hydrogens is 214 g/mol. The summed E-state index contributed by atoms with van der Waals surface area (Å²) >= 11 is 0. The van der Waals surface area contributed by atoms with Crippen LogP contribution >= 0.6 is 0 Å². The van der Waals surface area contributed by atoms with E-state index in [9.17, 15) is 4.79 Å². The lowest BCUT2D eigenvalue weighted by Gasteiger charge is -2.19. The van der Waals surface area contributed by atoms with Crippen LogP contribution in [0.25, 0.3) is 0 Å². The molecule has 0 spiro atoms. The van der Waals surface area contributed by atoms with Crippen molar-refractivity contribution in [1.82, 2.24) is 4.57 Å². The lowest BCUT2D eigenvalue weighted by atomic mass is 9.96. The highest BCUT2D eigenvalue weighted by Crippen LogP contribution is 2.28. The lowest BCUT2D eigenvalue weighted by molar-refractivity contribution is 0.0971. The second kappa shape index (κ2) is 3.91. The summed E-state index contributed by atoms with van der Waals surface area (Å²) in [6.07, 6.45) is 6.32. The fraction of sp³-hybridized carbons (Fsp3) is 0.357. The minimum Gasteiger partial charge on any atom is -0.467 e. The Bertz CT molecular complexity index is 537. The van der Waals surface area contributed by atoms with E-state index in [1.807, 2.05) is 24.4 Å². The van der Waals surface area contributed by atoms with Crippen LogP contribution < -0.4 is 0 Å². The molecule has 1 atom stereocenters. The van der Waals surface area contributed by atoms with Crippen LogP contribution in [0.5, 0.6) is 0 Å². The van der Waals surface area contributed by atoms with E-state index >= 15 is 0 Å². The minimum atomic E-state index is 0.152. The van der Waals surface area contributed by atoms with Crippen molar-refractivity contribution in [3.8, 4) is 0 Å². The summed E-state index contributed by atoms with van der Waals surface area (Å²) in [7, 11) is 0. The van der Waals surface area contributed by atoms with Gasteiger partial charge in [0.05, 0.1) is 12.3 Å². The summed E-state index contributed by atoms with van der Waals surface area (Å²) in [6, 6.07) is 5.96. The second-order valence-corrected chi connectivity index (χ2v) is 4.55. The summed E-state index contributed by atoms with van der Waals surface area (Å²) in [4.78, 5) is 11.8. The van der Waals surface area contributed by atoms with E-state index in [2.05, 4.69) is 11.5 Å². The topological polar surface area (TPSA) is 35.1 Å². The third kappa shape index (κ3) is 1.62. The van der Waals surface area contributed by atoms with Crippen LogP contribution in [0.2, 0.25) is 0 Å². The average Bonchev–Trinajstić information content (AvgIpc) is 2.98. The fourth-order valence-corrected chi connectivity index (χ4v) is 2.58. The number of Topliss-reactive ketones (excluding diaryl/α,β-unsaturated/α-hetero) is 1. The quantitative estimate of drug-likeness (QED) is 0.792. The highest BCUT2D eigenvalue weighted by atomic mass is 16.3. The van der Waals surface area contributed by atoms with Crippen molar-refractivity contribution in [1.29, 1.82) is 0 Å². The molecule has 3 heteroatoms. The summed E-state index contributed by atoms with van der Waals surface area (Å²) < 4.78 is 7.59. The van der Waals surface area contributed by atoms with Gasteiger partial charge >= 0.3 is 0 Å². The molecule has 0 aliphatic heterocycles. The van der Waals surface area contributed by atoms with Crippen LogP contribution in [0.15, 0.2) is 35.1 Å². The maximum atomic E-state index is 11.8. The Hall–Kier alpha value is -1.77. The van der Waals surface area contributed by atoms with Crippen molar-refractivity contribution in [3.05, 3.63) is 47.7 Å². The van der Waals surface area contributed by atoms with Gasteiger partial charge in [0.25, 0.3) is 0 Å². The monoisotopic (exact) mass is 229 g/mol. The predicted molar refractivity (Wildman–Crippen MR) is 64.2 cm³/mol. The number of nitrogens with zero attached hydrogens (tertiary/aromatic N) is 1. The Morgan fingerprint density at radius 2 is 2.24 bits per heavy atom. The molecule has 17 heavy (non-hydrogen) atoms. The molecule has 1 aliphatic rings. The van der Waals surface area contributed by atoms with Gasteiger partial charge in [-0.05, 0) is 38.0 Å². The number of ketones is 1. The van der Waals surface area contributed by atoms with E-state index in [0.29, 0.717) is 6.42 Å². The molecule has 0 saturated carbocycles. The first-order valence-corrected chi connectivity index (χ1v) is 6.03. The first-order valence-electron chi connectivity index (χ1n) is 6.03. The van der Waals surface area contributed by atoms with E-state index < -0.39 is 0 Å². The van der Waals surface area contributed by atoms with Gasteiger partial charge in [0.1, 0.15) is 5.76 Å². The van der Waals surface area contributed by atoms with E-state index in [-0.39, 0.29) is 11.8 Å². The van der Waals surface area contributed by atoms with E-state index in [1.165, 1.54) is 0 Å². The molecule has 0 saturated heterocycles. The molecule has 0 aromatic carbocycles. The van der Waals surface area contributed by atoms with Crippen molar-refractivity contribution >= 4 is 5.78 Å². The van der Waals surface area contributed by atoms with Gasteiger partial charge in [0, 0.05) is 23.9 Å². The molecule has 0 radical (unpaired) electrons. The number of aromatic nitrogens is 1. The predicted octanol–water partition coefficient (Wildman–Crippen LogP) is 3.21. The molecule has 88 valence electrons. The highest BCUT2D eigenvalue weighted by Gasteiger charge is 2.23. The van der Waals surface area contributed by atoms with Crippen molar-refractivity contribution in [3.63, 3.8) is 0 Å². The van der Waals surface area contributed by atoms with E-state index in [4.69, 9.17) is 4.42 Å². The van der Waals surface area contributed by atoms with Gasteiger partial charge in [-0.1, -0.05) is 0 Å². The molecule has 2 heterocycles. The molecule has 0 fully saturated rings. The van der Waals surface area contributed by atoms with Gasteiger partial charge < -0.3 is 8.98 Å². The Labute approximate surface area is 100 Å². The molecule has 0 amide bonds. The third-order valence-electron chi connectivity index (χ3n) is 3.51. The average molecular weight is 229 g/mol. The molecule has 1 aliphatic carbocycles. The maximum absolute atomic E-state index is 11.8. The second-order valence-electron chi connectivity index (χ2n) is 4.55. The van der Waals surface area contributed by atoms with Crippen LogP contribution in [0.3, 0.4) is 0 Å². The normalized spacial score (nSPS) is 16.9. The largest absolute Gasteiger partial charge is 0.467 e. The summed E-state index contributed by atoms with van der Waals surface area (Å²) in [5, 5.41) is 0. The lowest BCUT2D eigenvalue weighted by Crippen LogP contribution is -2.15. The molecular formula is C14H15NO2. The Morgan fingerprint density at radius 3 is 3.00 bits per heavy atom. The van der Waals surface area contributed by atoms with Gasteiger partial charge in [0.2, 0.25) is 0 Å². The zero-order valence-electron chi connectivity index (χ0n) is 9.85. The number of carbonyl (C=O) groups excluding carboxylic acids is 1. The Kier molecular flexibility index (Phi) is 2.39. The highest BCUT2D eigenvalue weighted by molar-refractivity contribution is 5.98. The van der Waals surface area contributed by atoms with Crippen molar-refractivity contribution in [2.75, 3.05) is 0 Å². The Morgan fingerprint density at radius 1 is 1.35 bits per heavy atom. The van der Waals surface area contributed by atoms with Crippen LogP contribution in [0, 0.1) is 0 Å². The van der Waals surface area contributed by atoms with Gasteiger partial charge in [-0.2, -0.15) is 0 Å². The molecule has 1 unspecified atom stereocenters. The standard InChI is InChI=1S/C14H15NO2/c1-10(14-6-3-9-17-14)15-8-7-11-12(15)4-2-5-13(11)16/h3,6-10H,2,4-5H2,1H3. The number of rotatable bonds is 2. The number of furan rings is 1. The van der Waals surface area contributed by atoms with Gasteiger partial charge in [-0.15, -0.1) is 0 Å². The number of hydrogen-bond donors (Lipinski definition) is 0. The van der Waals surface area contributed by atoms with Crippen LogP contribution in [-0.4, -0.2) is 10.4 Å². The van der Waals surface area contributed by atoms with E-state index in [1.54, 1.807) is 6.26 Å². The first kappa shape index (κ1) is 10.4. The minimum absolute atomic E-state index is 0.152. The smallest absolute Gasteiger partial charge is 0.164 e. The summed E-state index contributed by atoms with van der Waals surface area (Å²) in [6.45, 7) is 2.10. The summed E-state index contributed by atoms with van der Waals surface area (Å²) in [5.41, 5.74) is 2.06. The maximum Gasteiger partial charge on any atom is 0.164 e. The van der Waals surface area contributed by atoms with Gasteiger partial charge in [0.15, 0.2) is 5.78 Å². The Balaban J connectivity index is 2.02. The third-order valence-corrected chi connectivity index (χ3v) is 3.51. The zero-order valence-corrected chi connectivity index (χ0v) is 9.85. The first-order chi connectivity index (χ1) is 8.27. The molecule has 3 nitrogen and oxygen atoms in total. The summed E-state index contributed by atoms with van der Waals surface area (Å²) in [5.74, 6) is 1.21. The van der Waals surface area contributed by atoms with Crippen LogP contribution in [0.4, 0.5) is 0 Å². The SMILES string of the molecule is CC(c1ccco1)n1ccc2c1CCCC2=O. The number of hydrogen-bond acceptors (Lipinski definition) is 2. The number of carbonyl (C=O) groups is 1. The van der Waals surface area contributed by atoms with Crippen molar-refractivity contribution in [2.24, 2.45) is 0 Å². The van der Waals surface area contributed by atoms with Crippen molar-refractivity contribution in [2.45, 2.75) is 32.2 Å². The zero-order chi connectivity index (χ0) is 11.8.